The number of aromatic hydroxyl groups is 4. The summed E-state index contributed by atoms with van der Waals surface area (Å²) in [7, 11) is 0. The summed E-state index contributed by atoms with van der Waals surface area (Å²) < 4.78 is 0. The van der Waals surface area contributed by atoms with Gasteiger partial charge < -0.3 is 20.4 Å². The molecular formula is C40H48O4. The summed E-state index contributed by atoms with van der Waals surface area (Å²) in [6, 6.07) is 19.0. The minimum absolute atomic E-state index is 0.117. The van der Waals surface area contributed by atoms with Gasteiger partial charge in [0, 0.05) is 0 Å². The molecule has 0 radical (unpaired) electrons. The van der Waals surface area contributed by atoms with Crippen LogP contribution in [0, 0.1) is 13.8 Å². The highest BCUT2D eigenvalue weighted by molar-refractivity contribution is 5.87. The molecule has 232 valence electrons. The molecule has 0 aliphatic rings. The van der Waals surface area contributed by atoms with E-state index < -0.39 is 0 Å². The highest BCUT2D eigenvalue weighted by atomic mass is 16.3. The molecule has 4 aromatic carbocycles. The van der Waals surface area contributed by atoms with E-state index in [4.69, 9.17) is 0 Å². The normalized spacial score (nSPS) is 10.7. The number of rotatable bonds is 10. The van der Waals surface area contributed by atoms with Gasteiger partial charge in [-0.15, -0.1) is 0 Å². The van der Waals surface area contributed by atoms with E-state index >= 15 is 0 Å². The van der Waals surface area contributed by atoms with Crippen LogP contribution < -0.4 is 0 Å². The Kier molecular flexibility index (Phi) is 11.9. The quantitative estimate of drug-likeness (QED) is 0.138. The standard InChI is InChI=1S/C21H26O2.C19H22O2/c1-5-6-7-8-16-12-19(22)21(20(23)13-16)18-11-15(4)9-10-17(18)14(2)3;1-5-6-14-10-17(20)19(18(21)11-14)16-9-13(4)7-8-15(16)12(2)3/h9-13,22-23H,2,5-8H2,1,3-4H3;7-11,20-21H,2,5-6H2,1,3-4H3. The second kappa shape index (κ2) is 15.3. The smallest absolute Gasteiger partial charge is 0.127 e. The van der Waals surface area contributed by atoms with Crippen molar-refractivity contribution in [3.63, 3.8) is 0 Å². The number of hydrogen-bond acceptors (Lipinski definition) is 4. The molecule has 0 aliphatic heterocycles. The van der Waals surface area contributed by atoms with Crippen LogP contribution in [-0.2, 0) is 12.8 Å². The topological polar surface area (TPSA) is 80.9 Å². The summed E-state index contributed by atoms with van der Waals surface area (Å²) in [5, 5.41) is 41.7. The van der Waals surface area contributed by atoms with Gasteiger partial charge in [0.1, 0.15) is 23.0 Å². The lowest BCUT2D eigenvalue weighted by molar-refractivity contribution is 0.451. The number of aryl methyl sites for hydroxylation is 4. The van der Waals surface area contributed by atoms with Crippen LogP contribution in [0.4, 0.5) is 0 Å². The predicted molar refractivity (Wildman–Crippen MR) is 187 cm³/mol. The average Bonchev–Trinajstić information content (AvgIpc) is 2.93. The van der Waals surface area contributed by atoms with Gasteiger partial charge in [-0.1, -0.05) is 105 Å². The molecule has 0 fully saturated rings. The largest absolute Gasteiger partial charge is 0.507 e. The van der Waals surface area contributed by atoms with Gasteiger partial charge in [-0.25, -0.2) is 0 Å². The van der Waals surface area contributed by atoms with Crippen molar-refractivity contribution in [2.75, 3.05) is 0 Å². The summed E-state index contributed by atoms with van der Waals surface area (Å²) in [5.74, 6) is 0.493. The lowest BCUT2D eigenvalue weighted by Crippen LogP contribution is -1.92. The Morgan fingerprint density at radius 3 is 1.27 bits per heavy atom. The molecule has 4 rings (SSSR count). The monoisotopic (exact) mass is 592 g/mol. The first-order valence-electron chi connectivity index (χ1n) is 15.5. The Morgan fingerprint density at radius 2 is 0.932 bits per heavy atom. The summed E-state index contributed by atoms with van der Waals surface area (Å²) in [4.78, 5) is 0. The summed E-state index contributed by atoms with van der Waals surface area (Å²) in [6.45, 7) is 20.1. The molecule has 0 bridgehead atoms. The third-order valence-electron chi connectivity index (χ3n) is 7.73. The average molecular weight is 593 g/mol. The molecule has 4 heteroatoms. The van der Waals surface area contributed by atoms with E-state index in [0.717, 1.165) is 94.2 Å². The summed E-state index contributed by atoms with van der Waals surface area (Å²) >= 11 is 0. The van der Waals surface area contributed by atoms with Gasteiger partial charge in [-0.05, 0) is 105 Å². The highest BCUT2D eigenvalue weighted by Gasteiger charge is 2.17. The van der Waals surface area contributed by atoms with Crippen LogP contribution in [0.1, 0.15) is 86.8 Å². The zero-order valence-electron chi connectivity index (χ0n) is 27.2. The Labute approximate surface area is 263 Å². The van der Waals surface area contributed by atoms with E-state index in [2.05, 4.69) is 27.0 Å². The molecule has 0 unspecified atom stereocenters. The maximum atomic E-state index is 10.5. The zero-order chi connectivity index (χ0) is 32.6. The third kappa shape index (κ3) is 8.35. The molecule has 4 N–H and O–H groups in total. The first-order valence-corrected chi connectivity index (χ1v) is 15.5. The first kappa shape index (κ1) is 34.1. The Bertz CT molecular complexity index is 1600. The van der Waals surface area contributed by atoms with Gasteiger partial charge in [0.05, 0.1) is 11.1 Å². The van der Waals surface area contributed by atoms with E-state index in [0.29, 0.717) is 11.1 Å². The molecule has 4 aromatic rings. The van der Waals surface area contributed by atoms with Crippen LogP contribution in [0.3, 0.4) is 0 Å². The van der Waals surface area contributed by atoms with Crippen molar-refractivity contribution >= 4 is 11.1 Å². The number of benzene rings is 4. The van der Waals surface area contributed by atoms with Gasteiger partial charge in [0.2, 0.25) is 0 Å². The van der Waals surface area contributed by atoms with Crippen LogP contribution in [0.2, 0.25) is 0 Å². The highest BCUT2D eigenvalue weighted by Crippen LogP contribution is 2.43. The fourth-order valence-corrected chi connectivity index (χ4v) is 5.52. The number of phenols is 4. The zero-order valence-corrected chi connectivity index (χ0v) is 27.2. The van der Waals surface area contributed by atoms with Crippen molar-refractivity contribution in [2.24, 2.45) is 0 Å². The van der Waals surface area contributed by atoms with Gasteiger partial charge in [-0.3, -0.25) is 0 Å². The van der Waals surface area contributed by atoms with Gasteiger partial charge in [0.25, 0.3) is 0 Å². The van der Waals surface area contributed by atoms with Crippen LogP contribution in [0.25, 0.3) is 33.4 Å². The van der Waals surface area contributed by atoms with E-state index in [1.165, 1.54) is 0 Å². The second-order valence-corrected chi connectivity index (χ2v) is 11.9. The molecule has 0 aromatic heterocycles. The molecule has 0 saturated carbocycles. The fourth-order valence-electron chi connectivity index (χ4n) is 5.52. The second-order valence-electron chi connectivity index (χ2n) is 11.9. The summed E-state index contributed by atoms with van der Waals surface area (Å²) in [5.41, 5.74) is 10.4. The van der Waals surface area contributed by atoms with Crippen molar-refractivity contribution in [3.05, 3.63) is 107 Å². The Balaban J connectivity index is 0.000000241. The minimum atomic E-state index is 0.117. The lowest BCUT2D eigenvalue weighted by atomic mass is 9.91. The maximum absolute atomic E-state index is 10.5. The lowest BCUT2D eigenvalue weighted by Gasteiger charge is -2.15. The molecule has 0 atom stereocenters. The van der Waals surface area contributed by atoms with Gasteiger partial charge >= 0.3 is 0 Å². The van der Waals surface area contributed by atoms with Crippen LogP contribution in [-0.4, -0.2) is 20.4 Å². The van der Waals surface area contributed by atoms with Crippen LogP contribution in [0.5, 0.6) is 23.0 Å². The molecule has 0 aliphatic carbocycles. The van der Waals surface area contributed by atoms with E-state index in [-0.39, 0.29) is 23.0 Å². The molecule has 4 nitrogen and oxygen atoms in total. The van der Waals surface area contributed by atoms with Crippen molar-refractivity contribution in [3.8, 4) is 45.3 Å². The molecular weight excluding hydrogens is 544 g/mol. The first-order chi connectivity index (χ1) is 20.9. The molecule has 0 amide bonds. The van der Waals surface area contributed by atoms with E-state index in [9.17, 15) is 20.4 Å². The Hall–Kier alpha value is -4.44. The third-order valence-corrected chi connectivity index (χ3v) is 7.73. The number of hydrogen-bond donors (Lipinski definition) is 4. The SMILES string of the molecule is C=C(C)c1ccc(C)cc1-c1c(O)cc(CCC)cc1O.C=C(C)c1ccc(C)cc1-c1c(O)cc(CCCCC)cc1O. The number of allylic oxidation sites excluding steroid dienone is 2. The van der Waals surface area contributed by atoms with Crippen molar-refractivity contribution in [1.82, 2.24) is 0 Å². The van der Waals surface area contributed by atoms with Gasteiger partial charge in [-0.2, -0.15) is 0 Å². The molecule has 0 heterocycles. The van der Waals surface area contributed by atoms with E-state index in [1.807, 2.05) is 64.1 Å². The Morgan fingerprint density at radius 1 is 0.545 bits per heavy atom. The number of phenolic OH excluding ortho intramolecular Hbond substituents is 4. The fraction of sp³-hybridized carbons (Fsp3) is 0.300. The van der Waals surface area contributed by atoms with E-state index in [1.54, 1.807) is 24.3 Å². The minimum Gasteiger partial charge on any atom is -0.507 e. The van der Waals surface area contributed by atoms with Gasteiger partial charge in [0.15, 0.2) is 0 Å². The summed E-state index contributed by atoms with van der Waals surface area (Å²) in [6.07, 6.45) is 6.05. The van der Waals surface area contributed by atoms with Crippen LogP contribution in [0.15, 0.2) is 73.8 Å². The maximum Gasteiger partial charge on any atom is 0.127 e. The van der Waals surface area contributed by atoms with Crippen molar-refractivity contribution in [2.45, 2.75) is 80.1 Å². The molecule has 0 saturated heterocycles. The molecule has 0 spiro atoms. The van der Waals surface area contributed by atoms with Crippen molar-refractivity contribution in [1.29, 1.82) is 0 Å². The van der Waals surface area contributed by atoms with Crippen LogP contribution >= 0.6 is 0 Å². The number of unbranched alkanes of at least 4 members (excludes halogenated alkanes) is 2. The molecule has 44 heavy (non-hydrogen) atoms. The predicted octanol–water partition coefficient (Wildman–Crippen LogP) is 10.9. The van der Waals surface area contributed by atoms with Crippen molar-refractivity contribution < 1.29 is 20.4 Å².